The highest BCUT2D eigenvalue weighted by molar-refractivity contribution is 6.34. The number of Topliss-reactive ketones (excluding diaryl/α,β-unsaturated/α-hetero) is 1. The second-order valence-corrected chi connectivity index (χ2v) is 5.47. The molecule has 94 valence electrons. The maximum absolute atomic E-state index is 11.4. The van der Waals surface area contributed by atoms with Crippen molar-refractivity contribution in [3.05, 3.63) is 40.7 Å². The summed E-state index contributed by atoms with van der Waals surface area (Å²) in [7, 11) is 0. The Morgan fingerprint density at radius 1 is 1.28 bits per heavy atom. The van der Waals surface area contributed by atoms with Gasteiger partial charge in [0.25, 0.3) is 0 Å². The van der Waals surface area contributed by atoms with Gasteiger partial charge in [0.05, 0.1) is 10.5 Å². The third-order valence-electron chi connectivity index (χ3n) is 3.99. The molecule has 1 fully saturated rings. The summed E-state index contributed by atoms with van der Waals surface area (Å²) in [6.07, 6.45) is 5.40. The first-order valence-electron chi connectivity index (χ1n) is 6.45. The molecule has 3 rings (SSSR count). The molecule has 18 heavy (non-hydrogen) atoms. The number of hydrogen-bond donors (Lipinski definition) is 0. The van der Waals surface area contributed by atoms with Gasteiger partial charge in [-0.15, -0.1) is 0 Å². The summed E-state index contributed by atoms with van der Waals surface area (Å²) in [5.41, 5.74) is 3.54. The third kappa shape index (κ3) is 1.76. The zero-order chi connectivity index (χ0) is 12.7. The highest BCUT2D eigenvalue weighted by atomic mass is 35.5. The molecule has 0 saturated heterocycles. The first-order valence-corrected chi connectivity index (χ1v) is 6.83. The number of aromatic nitrogens is 1. The van der Waals surface area contributed by atoms with Gasteiger partial charge in [-0.05, 0) is 37.5 Å². The Bertz CT molecular complexity index is 604. The standard InChI is InChI=1S/C15H16ClNO/c1-10-14(16)13-4-2-3-9-17(13)15(10)11-5-7-12(18)8-6-11/h2-4,9,11H,5-8H2,1H3. The molecule has 0 N–H and O–H groups in total. The zero-order valence-electron chi connectivity index (χ0n) is 10.4. The van der Waals surface area contributed by atoms with Crippen LogP contribution in [0.2, 0.25) is 5.02 Å². The SMILES string of the molecule is Cc1c(Cl)c2ccccn2c1C1CCC(=O)CC1. The molecule has 2 aromatic rings. The zero-order valence-corrected chi connectivity index (χ0v) is 11.2. The summed E-state index contributed by atoms with van der Waals surface area (Å²) in [5.74, 6) is 0.862. The van der Waals surface area contributed by atoms with Gasteiger partial charge >= 0.3 is 0 Å². The molecule has 0 atom stereocenters. The molecule has 1 saturated carbocycles. The summed E-state index contributed by atoms with van der Waals surface area (Å²) in [4.78, 5) is 11.4. The van der Waals surface area contributed by atoms with Gasteiger partial charge in [0.2, 0.25) is 0 Å². The van der Waals surface area contributed by atoms with Gasteiger partial charge in [-0.1, -0.05) is 17.7 Å². The van der Waals surface area contributed by atoms with Crippen molar-refractivity contribution in [1.29, 1.82) is 0 Å². The van der Waals surface area contributed by atoms with E-state index in [0.717, 1.165) is 23.4 Å². The Morgan fingerprint density at radius 2 is 2.00 bits per heavy atom. The maximum atomic E-state index is 11.4. The molecule has 2 aromatic heterocycles. The van der Waals surface area contributed by atoms with Crippen LogP contribution in [0, 0.1) is 6.92 Å². The lowest BCUT2D eigenvalue weighted by molar-refractivity contribution is -0.120. The molecule has 0 spiro atoms. The summed E-state index contributed by atoms with van der Waals surface area (Å²) >= 11 is 6.41. The van der Waals surface area contributed by atoms with Crippen molar-refractivity contribution >= 4 is 22.9 Å². The third-order valence-corrected chi connectivity index (χ3v) is 4.46. The van der Waals surface area contributed by atoms with Gasteiger partial charge in [-0.3, -0.25) is 4.79 Å². The van der Waals surface area contributed by atoms with E-state index in [1.165, 1.54) is 11.3 Å². The second kappa shape index (κ2) is 4.43. The Hall–Kier alpha value is -1.28. The number of fused-ring (bicyclic) bond motifs is 1. The van der Waals surface area contributed by atoms with Crippen molar-refractivity contribution in [2.24, 2.45) is 0 Å². The first-order chi connectivity index (χ1) is 8.68. The highest BCUT2D eigenvalue weighted by Crippen LogP contribution is 2.38. The highest BCUT2D eigenvalue weighted by Gasteiger charge is 2.25. The van der Waals surface area contributed by atoms with Crippen LogP contribution in [0.1, 0.15) is 42.9 Å². The summed E-state index contributed by atoms with van der Waals surface area (Å²) in [5, 5.41) is 0.850. The minimum Gasteiger partial charge on any atom is -0.319 e. The van der Waals surface area contributed by atoms with Crippen LogP contribution in [0.25, 0.3) is 5.52 Å². The average molecular weight is 262 g/mol. The fourth-order valence-corrected chi connectivity index (χ4v) is 3.28. The number of ketones is 1. The summed E-state index contributed by atoms with van der Waals surface area (Å²) in [6, 6.07) is 6.09. The lowest BCUT2D eigenvalue weighted by Crippen LogP contribution is -2.14. The minimum atomic E-state index is 0.399. The van der Waals surface area contributed by atoms with Crippen molar-refractivity contribution < 1.29 is 4.79 Å². The van der Waals surface area contributed by atoms with Crippen LogP contribution >= 0.6 is 11.6 Å². The quantitative estimate of drug-likeness (QED) is 0.756. The van der Waals surface area contributed by atoms with Gasteiger partial charge in [-0.2, -0.15) is 0 Å². The number of hydrogen-bond acceptors (Lipinski definition) is 1. The Morgan fingerprint density at radius 3 is 2.72 bits per heavy atom. The number of nitrogens with zero attached hydrogens (tertiary/aromatic N) is 1. The van der Waals surface area contributed by atoms with Crippen LogP contribution in [-0.2, 0) is 4.79 Å². The fourth-order valence-electron chi connectivity index (χ4n) is 3.03. The molecule has 1 aliphatic carbocycles. The molecule has 0 radical (unpaired) electrons. The van der Waals surface area contributed by atoms with Gasteiger partial charge in [0.15, 0.2) is 0 Å². The summed E-state index contributed by atoms with van der Waals surface area (Å²) in [6.45, 7) is 2.08. The van der Waals surface area contributed by atoms with Crippen LogP contribution in [0.4, 0.5) is 0 Å². The topological polar surface area (TPSA) is 21.5 Å². The Labute approximate surface area is 112 Å². The predicted octanol–water partition coefficient (Wildman–Crippen LogP) is 4.13. The van der Waals surface area contributed by atoms with Crippen LogP contribution in [-0.4, -0.2) is 10.2 Å². The van der Waals surface area contributed by atoms with Gasteiger partial charge < -0.3 is 4.40 Å². The predicted molar refractivity (Wildman–Crippen MR) is 73.4 cm³/mol. The Balaban J connectivity index is 2.11. The second-order valence-electron chi connectivity index (χ2n) is 5.09. The number of carbonyl (C=O) groups is 1. The van der Waals surface area contributed by atoms with Gasteiger partial charge in [0.1, 0.15) is 5.78 Å². The molecule has 0 bridgehead atoms. The van der Waals surface area contributed by atoms with E-state index >= 15 is 0 Å². The monoisotopic (exact) mass is 261 g/mol. The largest absolute Gasteiger partial charge is 0.319 e. The molecular formula is C15H16ClNO. The smallest absolute Gasteiger partial charge is 0.132 e. The van der Waals surface area contributed by atoms with Crippen LogP contribution in [0.3, 0.4) is 0 Å². The van der Waals surface area contributed by atoms with Crippen molar-refractivity contribution in [3.63, 3.8) is 0 Å². The van der Waals surface area contributed by atoms with Crippen molar-refractivity contribution in [3.8, 4) is 0 Å². The lowest BCUT2D eigenvalue weighted by atomic mass is 9.85. The van der Waals surface area contributed by atoms with E-state index in [4.69, 9.17) is 11.6 Å². The van der Waals surface area contributed by atoms with E-state index in [9.17, 15) is 4.79 Å². The summed E-state index contributed by atoms with van der Waals surface area (Å²) < 4.78 is 2.19. The molecule has 0 unspecified atom stereocenters. The van der Waals surface area contributed by atoms with Crippen LogP contribution in [0.15, 0.2) is 24.4 Å². The molecule has 2 nitrogen and oxygen atoms in total. The van der Waals surface area contributed by atoms with E-state index < -0.39 is 0 Å². The van der Waals surface area contributed by atoms with E-state index in [-0.39, 0.29) is 0 Å². The maximum Gasteiger partial charge on any atom is 0.132 e. The average Bonchev–Trinajstić information content (AvgIpc) is 2.64. The fraction of sp³-hybridized carbons (Fsp3) is 0.400. The van der Waals surface area contributed by atoms with Crippen molar-refractivity contribution in [1.82, 2.24) is 4.40 Å². The van der Waals surface area contributed by atoms with E-state index in [1.807, 2.05) is 18.2 Å². The number of carbonyl (C=O) groups excluding carboxylic acids is 1. The van der Waals surface area contributed by atoms with Crippen LogP contribution < -0.4 is 0 Å². The first kappa shape index (κ1) is 11.8. The molecule has 0 aliphatic heterocycles. The van der Waals surface area contributed by atoms with E-state index in [1.54, 1.807) is 0 Å². The molecule has 2 heterocycles. The number of rotatable bonds is 1. The number of pyridine rings is 1. The van der Waals surface area contributed by atoms with Gasteiger partial charge in [0, 0.05) is 30.7 Å². The molecular weight excluding hydrogens is 246 g/mol. The van der Waals surface area contributed by atoms with E-state index in [0.29, 0.717) is 24.5 Å². The minimum absolute atomic E-state index is 0.399. The van der Waals surface area contributed by atoms with Crippen molar-refractivity contribution in [2.45, 2.75) is 38.5 Å². The molecule has 0 amide bonds. The molecule has 0 aromatic carbocycles. The van der Waals surface area contributed by atoms with E-state index in [2.05, 4.69) is 17.5 Å². The normalized spacial score (nSPS) is 17.6. The van der Waals surface area contributed by atoms with Crippen LogP contribution in [0.5, 0.6) is 0 Å². The van der Waals surface area contributed by atoms with Gasteiger partial charge in [-0.25, -0.2) is 0 Å². The van der Waals surface area contributed by atoms with Crippen molar-refractivity contribution in [2.75, 3.05) is 0 Å². The number of halogens is 1. The lowest BCUT2D eigenvalue weighted by Gasteiger charge is -2.22. The molecule has 1 aliphatic rings. The Kier molecular flexibility index (Phi) is 2.90. The molecule has 3 heteroatoms.